The third-order valence-electron chi connectivity index (χ3n) is 5.62. The van der Waals surface area contributed by atoms with Gasteiger partial charge in [0.1, 0.15) is 0 Å². The lowest BCUT2D eigenvalue weighted by Gasteiger charge is -2.16. The number of rotatable bonds is 4. The van der Waals surface area contributed by atoms with Crippen molar-refractivity contribution in [1.29, 1.82) is 0 Å². The van der Waals surface area contributed by atoms with E-state index < -0.39 is 0 Å². The molecule has 1 aliphatic rings. The molecular formula is C26H22N2OS. The van der Waals surface area contributed by atoms with Gasteiger partial charge in [-0.3, -0.25) is 10.1 Å². The molecule has 0 unspecified atom stereocenters. The monoisotopic (exact) mass is 410 g/mol. The molecule has 0 aliphatic heterocycles. The zero-order valence-electron chi connectivity index (χ0n) is 16.6. The number of thiazole rings is 1. The molecule has 30 heavy (non-hydrogen) atoms. The molecule has 3 aromatic carbocycles. The van der Waals surface area contributed by atoms with Gasteiger partial charge in [-0.2, -0.15) is 0 Å². The van der Waals surface area contributed by atoms with Crippen molar-refractivity contribution in [2.24, 2.45) is 0 Å². The highest BCUT2D eigenvalue weighted by Crippen LogP contribution is 2.30. The molecular weight excluding hydrogens is 388 g/mol. The lowest BCUT2D eigenvalue weighted by Crippen LogP contribution is -2.11. The number of nitrogens with one attached hydrogen (secondary N) is 1. The number of fused-ring (bicyclic) bond motifs is 1. The van der Waals surface area contributed by atoms with Crippen LogP contribution in [0.15, 0.2) is 78.2 Å². The van der Waals surface area contributed by atoms with Crippen molar-refractivity contribution in [1.82, 2.24) is 4.98 Å². The summed E-state index contributed by atoms with van der Waals surface area (Å²) in [5, 5.41) is 5.58. The van der Waals surface area contributed by atoms with Gasteiger partial charge in [0.2, 0.25) is 0 Å². The molecule has 148 valence electrons. The minimum absolute atomic E-state index is 0.138. The highest BCUT2D eigenvalue weighted by atomic mass is 32.1. The minimum Gasteiger partial charge on any atom is -0.298 e. The lowest BCUT2D eigenvalue weighted by atomic mass is 9.90. The van der Waals surface area contributed by atoms with Crippen LogP contribution in [0.3, 0.4) is 0 Å². The summed E-state index contributed by atoms with van der Waals surface area (Å²) in [6, 6.07) is 24.5. The largest absolute Gasteiger partial charge is 0.298 e. The number of anilines is 1. The molecule has 5 rings (SSSR count). The van der Waals surface area contributed by atoms with E-state index in [1.807, 2.05) is 47.8 Å². The van der Waals surface area contributed by atoms with Crippen molar-refractivity contribution >= 4 is 22.4 Å². The quantitative estimate of drug-likeness (QED) is 0.411. The molecule has 0 spiro atoms. The van der Waals surface area contributed by atoms with Crippen LogP contribution in [-0.2, 0) is 12.8 Å². The molecule has 0 fully saturated rings. The lowest BCUT2D eigenvalue weighted by molar-refractivity contribution is 0.102. The zero-order chi connectivity index (χ0) is 20.3. The first kappa shape index (κ1) is 18.8. The second-order valence-corrected chi connectivity index (χ2v) is 8.48. The fourth-order valence-electron chi connectivity index (χ4n) is 3.97. The number of hydrogen-bond donors (Lipinski definition) is 1. The topological polar surface area (TPSA) is 42.0 Å². The molecule has 1 N–H and O–H groups in total. The molecule has 1 heterocycles. The number of hydrogen-bond acceptors (Lipinski definition) is 3. The number of amides is 1. The summed E-state index contributed by atoms with van der Waals surface area (Å²) in [5.41, 5.74) is 7.81. The van der Waals surface area contributed by atoms with Gasteiger partial charge >= 0.3 is 0 Å². The predicted octanol–water partition coefficient (Wildman–Crippen LogP) is 6.61. The SMILES string of the molecule is O=C(Nc1nc(-c2ccc3c(c2)CCCC3)cs1)c1ccc(-c2ccccc2)cc1. The van der Waals surface area contributed by atoms with E-state index in [4.69, 9.17) is 0 Å². The third kappa shape index (κ3) is 3.91. The molecule has 4 aromatic rings. The van der Waals surface area contributed by atoms with Crippen LogP contribution in [0.2, 0.25) is 0 Å². The van der Waals surface area contributed by atoms with Crippen molar-refractivity contribution in [3.05, 3.63) is 94.9 Å². The van der Waals surface area contributed by atoms with Gasteiger partial charge in [-0.1, -0.05) is 54.6 Å². The first-order valence-corrected chi connectivity index (χ1v) is 11.2. The van der Waals surface area contributed by atoms with Gasteiger partial charge in [-0.05, 0) is 66.1 Å². The summed E-state index contributed by atoms with van der Waals surface area (Å²) in [4.78, 5) is 17.3. The molecule has 0 saturated heterocycles. The number of nitrogens with zero attached hydrogens (tertiary/aromatic N) is 1. The maximum Gasteiger partial charge on any atom is 0.257 e. The van der Waals surface area contributed by atoms with Crippen molar-refractivity contribution < 1.29 is 4.79 Å². The Hall–Kier alpha value is -3.24. The Morgan fingerprint density at radius 3 is 2.30 bits per heavy atom. The first-order chi connectivity index (χ1) is 14.8. The number of aromatic nitrogens is 1. The van der Waals surface area contributed by atoms with Crippen LogP contribution < -0.4 is 5.32 Å². The fourth-order valence-corrected chi connectivity index (χ4v) is 4.69. The highest BCUT2D eigenvalue weighted by Gasteiger charge is 2.13. The highest BCUT2D eigenvalue weighted by molar-refractivity contribution is 7.14. The van der Waals surface area contributed by atoms with Crippen LogP contribution in [0.5, 0.6) is 0 Å². The predicted molar refractivity (Wildman–Crippen MR) is 124 cm³/mol. The fraction of sp³-hybridized carbons (Fsp3) is 0.154. The van der Waals surface area contributed by atoms with E-state index in [-0.39, 0.29) is 5.91 Å². The minimum atomic E-state index is -0.138. The van der Waals surface area contributed by atoms with E-state index in [0.29, 0.717) is 10.7 Å². The van der Waals surface area contributed by atoms with E-state index in [0.717, 1.165) is 28.8 Å². The van der Waals surface area contributed by atoms with Gasteiger partial charge in [0, 0.05) is 16.5 Å². The van der Waals surface area contributed by atoms with E-state index in [1.54, 1.807) is 0 Å². The van der Waals surface area contributed by atoms with Crippen molar-refractivity contribution in [2.75, 3.05) is 5.32 Å². The Kier molecular flexibility index (Phi) is 5.16. The van der Waals surface area contributed by atoms with E-state index in [1.165, 1.54) is 41.7 Å². The summed E-state index contributed by atoms with van der Waals surface area (Å²) < 4.78 is 0. The van der Waals surface area contributed by atoms with Gasteiger partial charge in [-0.25, -0.2) is 4.98 Å². The van der Waals surface area contributed by atoms with Gasteiger partial charge in [-0.15, -0.1) is 11.3 Å². The summed E-state index contributed by atoms with van der Waals surface area (Å²) in [5.74, 6) is -0.138. The molecule has 4 heteroatoms. The van der Waals surface area contributed by atoms with E-state index in [2.05, 4.69) is 40.6 Å². The normalized spacial score (nSPS) is 12.9. The Labute approximate surface area is 180 Å². The molecule has 3 nitrogen and oxygen atoms in total. The Morgan fingerprint density at radius 1 is 0.800 bits per heavy atom. The first-order valence-electron chi connectivity index (χ1n) is 10.3. The number of carbonyl (C=O) groups is 1. The number of aryl methyl sites for hydroxylation is 2. The van der Waals surface area contributed by atoms with Crippen molar-refractivity contribution in [2.45, 2.75) is 25.7 Å². The van der Waals surface area contributed by atoms with E-state index in [9.17, 15) is 4.79 Å². The molecule has 0 bridgehead atoms. The third-order valence-corrected chi connectivity index (χ3v) is 6.38. The number of carbonyl (C=O) groups excluding carboxylic acids is 1. The van der Waals surface area contributed by atoms with Crippen LogP contribution in [0.25, 0.3) is 22.4 Å². The van der Waals surface area contributed by atoms with Crippen LogP contribution in [0.1, 0.15) is 34.3 Å². The second kappa shape index (κ2) is 8.25. The van der Waals surface area contributed by atoms with Crippen LogP contribution in [-0.4, -0.2) is 10.9 Å². The van der Waals surface area contributed by atoms with Crippen molar-refractivity contribution in [3.8, 4) is 22.4 Å². The summed E-state index contributed by atoms with van der Waals surface area (Å²) in [6.45, 7) is 0. The number of benzene rings is 3. The smallest absolute Gasteiger partial charge is 0.257 e. The zero-order valence-corrected chi connectivity index (χ0v) is 17.4. The average Bonchev–Trinajstić information content (AvgIpc) is 3.28. The van der Waals surface area contributed by atoms with Gasteiger partial charge in [0.05, 0.1) is 5.69 Å². The molecule has 1 amide bonds. The Bertz CT molecular complexity index is 1180. The summed E-state index contributed by atoms with van der Waals surface area (Å²) in [7, 11) is 0. The Balaban J connectivity index is 1.30. The molecule has 0 radical (unpaired) electrons. The van der Waals surface area contributed by atoms with Gasteiger partial charge in [0.25, 0.3) is 5.91 Å². The van der Waals surface area contributed by atoms with E-state index >= 15 is 0 Å². The van der Waals surface area contributed by atoms with Gasteiger partial charge in [0.15, 0.2) is 5.13 Å². The van der Waals surface area contributed by atoms with Gasteiger partial charge < -0.3 is 0 Å². The van der Waals surface area contributed by atoms with Crippen LogP contribution >= 0.6 is 11.3 Å². The second-order valence-electron chi connectivity index (χ2n) is 7.63. The summed E-state index contributed by atoms with van der Waals surface area (Å²) >= 11 is 1.46. The van der Waals surface area contributed by atoms with Crippen LogP contribution in [0.4, 0.5) is 5.13 Å². The molecule has 1 aliphatic carbocycles. The molecule has 0 saturated carbocycles. The maximum absolute atomic E-state index is 12.7. The maximum atomic E-state index is 12.7. The van der Waals surface area contributed by atoms with Crippen LogP contribution in [0, 0.1) is 0 Å². The summed E-state index contributed by atoms with van der Waals surface area (Å²) in [6.07, 6.45) is 4.87. The Morgan fingerprint density at radius 2 is 1.50 bits per heavy atom. The van der Waals surface area contributed by atoms with Crippen molar-refractivity contribution in [3.63, 3.8) is 0 Å². The average molecular weight is 411 g/mol. The standard InChI is InChI=1S/C26H22N2OS/c29-25(21-13-10-20(11-14-21)18-6-2-1-3-7-18)28-26-27-24(17-30-26)23-15-12-19-8-4-5-9-22(19)16-23/h1-3,6-7,10-17H,4-5,8-9H2,(H,27,28,29). The molecule has 0 atom stereocenters. The molecule has 1 aromatic heterocycles.